The van der Waals surface area contributed by atoms with Gasteiger partial charge in [-0.15, -0.1) is 0 Å². The molecule has 0 spiro atoms. The molecule has 88 heavy (non-hydrogen) atoms. The maximum Gasteiger partial charge on any atom is 0.472 e. The lowest BCUT2D eigenvalue weighted by Gasteiger charge is -2.21. The summed E-state index contributed by atoms with van der Waals surface area (Å²) in [5.74, 6) is 0.0521. The third kappa shape index (κ3) is 62.8. The van der Waals surface area contributed by atoms with Crippen LogP contribution in [0.2, 0.25) is 0 Å². The Labute approximate surface area is 537 Å². The van der Waals surface area contributed by atoms with E-state index >= 15 is 0 Å². The maximum atomic E-state index is 13.0. The molecule has 0 amide bonds. The number of rotatable bonds is 67. The predicted octanol–water partition coefficient (Wildman–Crippen LogP) is 19.5. The van der Waals surface area contributed by atoms with E-state index in [4.69, 9.17) is 37.0 Å². The number of esters is 4. The van der Waals surface area contributed by atoms with Crippen molar-refractivity contribution in [2.45, 2.75) is 362 Å². The molecule has 2 unspecified atom stereocenters. The first-order chi connectivity index (χ1) is 42.2. The molecule has 0 aliphatic heterocycles. The predicted molar refractivity (Wildman–Crippen MR) is 354 cm³/mol. The van der Waals surface area contributed by atoms with Gasteiger partial charge in [-0.2, -0.15) is 0 Å². The lowest BCUT2D eigenvalue weighted by molar-refractivity contribution is -0.161. The Bertz CT molecular complexity index is 1730. The van der Waals surface area contributed by atoms with Crippen molar-refractivity contribution in [1.82, 2.24) is 0 Å². The fraction of sp³-hybridized carbons (Fsp3) is 0.942. The second-order valence-corrected chi connectivity index (χ2v) is 29.3. The van der Waals surface area contributed by atoms with E-state index in [9.17, 15) is 43.2 Å². The molecular weight excluding hydrogens is 1160 g/mol. The van der Waals surface area contributed by atoms with Crippen LogP contribution in [0.4, 0.5) is 0 Å². The number of phosphoric ester groups is 2. The minimum Gasteiger partial charge on any atom is -0.462 e. The standard InChI is InChI=1S/C69H134O17P2/c1-8-9-10-11-12-13-14-15-18-23-28-36-43-50-66(71)79-56-64(85-68(73)52-45-38-29-24-19-16-17-21-26-33-40-47-60(2)3)58-83-87(75,76)81-54-63(70)55-82-88(77,78)84-59-65(57-80-67(72)51-44-37-32-31-35-42-49-62(6)7)86-69(74)53-46-39-30-25-20-22-27-34-41-48-61(4)5/h60-65,70H,8-59H2,1-7H3,(H,75,76)(H,77,78)/t63-,64-,65-/m1/s1. The van der Waals surface area contributed by atoms with Crippen molar-refractivity contribution in [1.29, 1.82) is 0 Å². The summed E-state index contributed by atoms with van der Waals surface area (Å²) in [5, 5.41) is 10.6. The smallest absolute Gasteiger partial charge is 0.462 e. The quantitative estimate of drug-likeness (QED) is 0.0222. The summed E-state index contributed by atoms with van der Waals surface area (Å²) in [6.45, 7) is 11.7. The van der Waals surface area contributed by atoms with Crippen molar-refractivity contribution >= 4 is 39.5 Å². The second kappa shape index (κ2) is 60.0. The zero-order chi connectivity index (χ0) is 65.2. The van der Waals surface area contributed by atoms with Gasteiger partial charge in [-0.05, 0) is 43.4 Å². The molecule has 0 saturated heterocycles. The van der Waals surface area contributed by atoms with Crippen molar-refractivity contribution < 1.29 is 80.2 Å². The van der Waals surface area contributed by atoms with Gasteiger partial charge >= 0.3 is 39.5 Å². The third-order valence-corrected chi connectivity index (χ3v) is 17.8. The summed E-state index contributed by atoms with van der Waals surface area (Å²) in [4.78, 5) is 72.5. The number of carbonyl (C=O) groups is 4. The summed E-state index contributed by atoms with van der Waals surface area (Å²) in [6, 6.07) is 0. The van der Waals surface area contributed by atoms with Crippen LogP contribution >= 0.6 is 15.6 Å². The second-order valence-electron chi connectivity index (χ2n) is 26.3. The van der Waals surface area contributed by atoms with Crippen LogP contribution in [0, 0.1) is 17.8 Å². The zero-order valence-corrected chi connectivity index (χ0v) is 59.0. The van der Waals surface area contributed by atoms with Gasteiger partial charge in [-0.1, -0.05) is 292 Å². The lowest BCUT2D eigenvalue weighted by Crippen LogP contribution is -2.30. The summed E-state index contributed by atoms with van der Waals surface area (Å²) in [6.07, 6.45) is 43.1. The van der Waals surface area contributed by atoms with Gasteiger partial charge in [0.1, 0.15) is 19.3 Å². The third-order valence-electron chi connectivity index (χ3n) is 15.9. The first kappa shape index (κ1) is 86.1. The number of aliphatic hydroxyl groups excluding tert-OH is 1. The highest BCUT2D eigenvalue weighted by Gasteiger charge is 2.30. The minimum absolute atomic E-state index is 0.104. The van der Waals surface area contributed by atoms with E-state index in [0.717, 1.165) is 108 Å². The zero-order valence-electron chi connectivity index (χ0n) is 57.2. The van der Waals surface area contributed by atoms with Crippen LogP contribution in [0.15, 0.2) is 0 Å². The molecule has 0 aliphatic carbocycles. The monoisotopic (exact) mass is 1300 g/mol. The number of hydrogen-bond donors (Lipinski definition) is 3. The topological polar surface area (TPSA) is 237 Å². The van der Waals surface area contributed by atoms with E-state index in [-0.39, 0.29) is 25.7 Å². The van der Waals surface area contributed by atoms with E-state index in [0.29, 0.717) is 31.6 Å². The molecule has 522 valence electrons. The molecule has 0 saturated carbocycles. The highest BCUT2D eigenvalue weighted by atomic mass is 31.2. The Morgan fingerprint density at radius 2 is 0.523 bits per heavy atom. The van der Waals surface area contributed by atoms with Crippen LogP contribution in [0.3, 0.4) is 0 Å². The van der Waals surface area contributed by atoms with Crippen LogP contribution in [-0.2, 0) is 65.4 Å². The van der Waals surface area contributed by atoms with Gasteiger partial charge in [0.05, 0.1) is 26.4 Å². The molecule has 0 rings (SSSR count). The number of hydrogen-bond acceptors (Lipinski definition) is 15. The molecule has 3 N–H and O–H groups in total. The fourth-order valence-corrected chi connectivity index (χ4v) is 11.9. The molecule has 0 aliphatic rings. The van der Waals surface area contributed by atoms with Crippen LogP contribution < -0.4 is 0 Å². The molecule has 19 heteroatoms. The molecule has 0 bridgehead atoms. The summed E-state index contributed by atoms with van der Waals surface area (Å²) in [5.41, 5.74) is 0. The Morgan fingerprint density at radius 3 is 0.773 bits per heavy atom. The van der Waals surface area contributed by atoms with Gasteiger partial charge in [0.15, 0.2) is 12.2 Å². The van der Waals surface area contributed by atoms with Gasteiger partial charge < -0.3 is 33.8 Å². The number of aliphatic hydroxyl groups is 1. The van der Waals surface area contributed by atoms with E-state index in [2.05, 4.69) is 48.5 Å². The Hall–Kier alpha value is -1.94. The minimum atomic E-state index is -4.95. The molecule has 0 aromatic carbocycles. The lowest BCUT2D eigenvalue weighted by atomic mass is 10.0. The first-order valence-electron chi connectivity index (χ1n) is 35.8. The van der Waals surface area contributed by atoms with Gasteiger partial charge in [0, 0.05) is 25.7 Å². The molecule has 17 nitrogen and oxygen atoms in total. The fourth-order valence-electron chi connectivity index (χ4n) is 10.4. The van der Waals surface area contributed by atoms with E-state index < -0.39 is 97.5 Å². The average molecular weight is 1300 g/mol. The van der Waals surface area contributed by atoms with Crippen molar-refractivity contribution in [2.75, 3.05) is 39.6 Å². The Kier molecular flexibility index (Phi) is 58.7. The number of carbonyl (C=O) groups excluding carboxylic acids is 4. The van der Waals surface area contributed by atoms with Crippen LogP contribution in [-0.4, -0.2) is 96.7 Å². The molecule has 0 aromatic rings. The SMILES string of the molecule is CCCCCCCCCCCCCCCC(=O)OC[C@H](COP(=O)(O)OC[C@@H](O)COP(=O)(O)OC[C@@H](COC(=O)CCCCCCCCC(C)C)OC(=O)CCCCCCCCCCCC(C)C)OC(=O)CCCCCCCCCCCCCC(C)C. The van der Waals surface area contributed by atoms with E-state index in [1.165, 1.54) is 148 Å². The van der Waals surface area contributed by atoms with Crippen molar-refractivity contribution in [2.24, 2.45) is 17.8 Å². The number of unbranched alkanes of at least 4 members (excludes halogenated alkanes) is 35. The van der Waals surface area contributed by atoms with Crippen LogP contribution in [0.25, 0.3) is 0 Å². The maximum absolute atomic E-state index is 13.0. The van der Waals surface area contributed by atoms with Gasteiger partial charge in [-0.3, -0.25) is 37.3 Å². The van der Waals surface area contributed by atoms with Crippen molar-refractivity contribution in [3.8, 4) is 0 Å². The summed E-state index contributed by atoms with van der Waals surface area (Å²) < 4.78 is 68.2. The Balaban J connectivity index is 5.25. The van der Waals surface area contributed by atoms with Gasteiger partial charge in [0.2, 0.25) is 0 Å². The normalized spacial score (nSPS) is 14.2. The highest BCUT2D eigenvalue weighted by Crippen LogP contribution is 2.45. The number of ether oxygens (including phenoxy) is 4. The highest BCUT2D eigenvalue weighted by molar-refractivity contribution is 7.47. The largest absolute Gasteiger partial charge is 0.472 e. The van der Waals surface area contributed by atoms with Crippen molar-refractivity contribution in [3.63, 3.8) is 0 Å². The Morgan fingerprint density at radius 1 is 0.307 bits per heavy atom. The summed E-state index contributed by atoms with van der Waals surface area (Å²) >= 11 is 0. The van der Waals surface area contributed by atoms with Gasteiger partial charge in [0.25, 0.3) is 0 Å². The van der Waals surface area contributed by atoms with E-state index in [1.807, 2.05) is 0 Å². The number of phosphoric acid groups is 2. The average Bonchev–Trinajstić information content (AvgIpc) is 3.49. The molecule has 5 atom stereocenters. The van der Waals surface area contributed by atoms with Crippen LogP contribution in [0.5, 0.6) is 0 Å². The van der Waals surface area contributed by atoms with Gasteiger partial charge in [-0.25, -0.2) is 9.13 Å². The molecule has 0 heterocycles. The first-order valence-corrected chi connectivity index (χ1v) is 38.8. The molecule has 0 fully saturated rings. The van der Waals surface area contributed by atoms with Crippen molar-refractivity contribution in [3.05, 3.63) is 0 Å². The molecule has 0 aromatic heterocycles. The van der Waals surface area contributed by atoms with Crippen LogP contribution in [0.1, 0.15) is 344 Å². The van der Waals surface area contributed by atoms with E-state index in [1.54, 1.807) is 0 Å². The molecular formula is C69H134O17P2. The molecule has 0 radical (unpaired) electrons. The summed E-state index contributed by atoms with van der Waals surface area (Å²) in [7, 11) is -9.90.